The molecule has 0 atom stereocenters. The molecule has 2 aromatic rings. The molecule has 0 radical (unpaired) electrons. The van der Waals surface area contributed by atoms with Gasteiger partial charge in [-0.3, -0.25) is 4.79 Å². The van der Waals surface area contributed by atoms with Crippen LogP contribution in [0.25, 0.3) is 0 Å². The van der Waals surface area contributed by atoms with Crippen molar-refractivity contribution in [2.75, 3.05) is 20.4 Å². The first-order valence-electron chi connectivity index (χ1n) is 10.3. The van der Waals surface area contributed by atoms with Crippen molar-refractivity contribution >= 4 is 22.2 Å². The van der Waals surface area contributed by atoms with Gasteiger partial charge in [0.2, 0.25) is 0 Å². The Morgan fingerprint density at radius 3 is 2.00 bits per heavy atom. The van der Waals surface area contributed by atoms with E-state index in [2.05, 4.69) is 27.7 Å². The lowest BCUT2D eigenvalue weighted by Gasteiger charge is -2.18. The maximum atomic E-state index is 12.3. The number of para-hydroxylation sites is 1. The molecular weight excluding hydrogens is 448 g/mol. The number of ether oxygens (including phenoxy) is 2. The predicted octanol–water partition coefficient (Wildman–Crippen LogP) is 3.26. The van der Waals surface area contributed by atoms with E-state index in [-0.39, 0.29) is 24.5 Å². The number of rotatable bonds is 6. The molecule has 1 aromatic heterocycles. The van der Waals surface area contributed by atoms with Crippen LogP contribution in [0, 0.1) is 0 Å². The lowest BCUT2D eigenvalue weighted by Crippen LogP contribution is -2.37. The van der Waals surface area contributed by atoms with Crippen LogP contribution < -0.4 is 9.30 Å². The smallest absolute Gasteiger partial charge is 0.518 e. The first kappa shape index (κ1) is 28.1. The van der Waals surface area contributed by atoms with Crippen molar-refractivity contribution in [3.05, 3.63) is 59.4 Å². The first-order valence-corrected chi connectivity index (χ1v) is 12.1. The van der Waals surface area contributed by atoms with Crippen LogP contribution in [0.5, 0.6) is 5.75 Å². The minimum Gasteiger partial charge on any atom is -0.748 e. The topological polar surface area (TPSA) is 117 Å². The minimum atomic E-state index is -3.92. The average Bonchev–Trinajstić information content (AvgIpc) is 2.70. The molecule has 0 saturated carbocycles. The van der Waals surface area contributed by atoms with Gasteiger partial charge in [-0.2, -0.15) is 4.57 Å². The molecule has 0 aliphatic rings. The fourth-order valence-corrected chi connectivity index (χ4v) is 2.83. The summed E-state index contributed by atoms with van der Waals surface area (Å²) in [5, 5.41) is 0. The van der Waals surface area contributed by atoms with E-state index in [9.17, 15) is 9.59 Å². The Labute approximate surface area is 195 Å². The summed E-state index contributed by atoms with van der Waals surface area (Å²) < 4.78 is 39.7. The van der Waals surface area contributed by atoms with Gasteiger partial charge in [0.1, 0.15) is 11.3 Å². The summed E-state index contributed by atoms with van der Waals surface area (Å²) in [6, 6.07) is 9.35. The zero-order valence-corrected chi connectivity index (χ0v) is 20.9. The van der Waals surface area contributed by atoms with E-state index in [0.29, 0.717) is 17.6 Å². The molecule has 10 heteroatoms. The number of hydrogen-bond acceptors (Lipinski definition) is 7. The molecule has 1 aromatic carbocycles. The molecular formula is C23H32N2O7S. The molecule has 0 aliphatic heterocycles. The van der Waals surface area contributed by atoms with Gasteiger partial charge in [0, 0.05) is 26.4 Å². The number of nitrogens with zero attached hydrogens (tertiary/aromatic N) is 2. The van der Waals surface area contributed by atoms with Crippen molar-refractivity contribution in [1.82, 2.24) is 4.90 Å². The molecule has 0 fully saturated rings. The molecule has 0 unspecified atom stereocenters. The van der Waals surface area contributed by atoms with E-state index in [1.165, 1.54) is 4.90 Å². The molecule has 0 aliphatic carbocycles. The standard InChI is InChI=1S/C22H29N2O4.CH4O3S/c1-15(2)18-10-7-11-19(16(3)4)20(18)28-22(26)27-14-24-12-8-9-17(13-24)21(25)23(5)6;1-5(2,3)4/h7-13,15-16H,14H2,1-6H3;1H3,(H,2,3,4)/q+1;/p-1. The quantitative estimate of drug-likeness (QED) is 0.270. The van der Waals surface area contributed by atoms with Gasteiger partial charge in [0.05, 0.1) is 10.1 Å². The number of aromatic nitrogens is 1. The highest BCUT2D eigenvalue weighted by molar-refractivity contribution is 7.84. The SMILES string of the molecule is CC(C)c1cccc(C(C)C)c1OC(=O)OC[n+]1cccc(C(=O)N(C)C)c1.CS(=O)(=O)[O-]. The van der Waals surface area contributed by atoms with Crippen LogP contribution in [0.15, 0.2) is 42.7 Å². The van der Waals surface area contributed by atoms with Crippen molar-refractivity contribution in [3.8, 4) is 5.75 Å². The Bertz CT molecular complexity index is 1030. The third-order valence-electron chi connectivity index (χ3n) is 4.35. The number of carbonyl (C=O) groups excluding carboxylic acids is 2. The maximum Gasteiger partial charge on any atom is 0.518 e. The zero-order chi connectivity index (χ0) is 25.3. The summed E-state index contributed by atoms with van der Waals surface area (Å²) in [6.45, 7) is 8.18. The summed E-state index contributed by atoms with van der Waals surface area (Å²) in [5.74, 6) is 0.873. The molecule has 0 bridgehead atoms. The summed E-state index contributed by atoms with van der Waals surface area (Å²) in [4.78, 5) is 25.9. The van der Waals surface area contributed by atoms with E-state index in [1.54, 1.807) is 43.2 Å². The lowest BCUT2D eigenvalue weighted by molar-refractivity contribution is -0.727. The highest BCUT2D eigenvalue weighted by Crippen LogP contribution is 2.34. The van der Waals surface area contributed by atoms with Gasteiger partial charge in [-0.15, -0.1) is 0 Å². The van der Waals surface area contributed by atoms with Gasteiger partial charge in [0.25, 0.3) is 12.6 Å². The highest BCUT2D eigenvalue weighted by Gasteiger charge is 2.20. The molecule has 1 heterocycles. The van der Waals surface area contributed by atoms with Gasteiger partial charge in [-0.25, -0.2) is 13.2 Å². The number of amides is 1. The Morgan fingerprint density at radius 2 is 1.55 bits per heavy atom. The third-order valence-corrected chi connectivity index (χ3v) is 4.35. The van der Waals surface area contributed by atoms with Crippen LogP contribution in [0.1, 0.15) is 61.0 Å². The lowest BCUT2D eigenvalue weighted by atomic mass is 9.94. The van der Waals surface area contributed by atoms with E-state index in [0.717, 1.165) is 11.1 Å². The zero-order valence-electron chi connectivity index (χ0n) is 20.1. The number of benzene rings is 1. The van der Waals surface area contributed by atoms with E-state index < -0.39 is 16.3 Å². The van der Waals surface area contributed by atoms with Crippen LogP contribution in [0.2, 0.25) is 0 Å². The Balaban J connectivity index is 0.000000981. The van der Waals surface area contributed by atoms with Crippen LogP contribution in [-0.4, -0.2) is 50.3 Å². The van der Waals surface area contributed by atoms with Gasteiger partial charge in [-0.05, 0) is 29.0 Å². The van der Waals surface area contributed by atoms with E-state index >= 15 is 0 Å². The Kier molecular flexibility index (Phi) is 10.5. The van der Waals surface area contributed by atoms with Crippen molar-refractivity contribution in [2.24, 2.45) is 0 Å². The van der Waals surface area contributed by atoms with Crippen molar-refractivity contribution in [3.63, 3.8) is 0 Å². The number of hydrogen-bond donors (Lipinski definition) is 0. The molecule has 182 valence electrons. The van der Waals surface area contributed by atoms with E-state index in [4.69, 9.17) is 22.4 Å². The van der Waals surface area contributed by atoms with Crippen molar-refractivity contribution in [1.29, 1.82) is 0 Å². The average molecular weight is 481 g/mol. The Morgan fingerprint density at radius 1 is 1.03 bits per heavy atom. The van der Waals surface area contributed by atoms with Gasteiger partial charge < -0.3 is 18.9 Å². The Hall–Kier alpha value is -2.98. The predicted molar refractivity (Wildman–Crippen MR) is 122 cm³/mol. The third kappa shape index (κ3) is 10.0. The molecule has 1 amide bonds. The fraction of sp³-hybridized carbons (Fsp3) is 0.435. The van der Waals surface area contributed by atoms with Crippen LogP contribution in [0.4, 0.5) is 4.79 Å². The normalized spacial score (nSPS) is 11.0. The first-order chi connectivity index (χ1) is 15.2. The summed E-state index contributed by atoms with van der Waals surface area (Å²) in [7, 11) is -0.544. The van der Waals surface area contributed by atoms with Crippen molar-refractivity contribution < 1.29 is 36.6 Å². The van der Waals surface area contributed by atoms with Crippen molar-refractivity contribution in [2.45, 2.75) is 46.3 Å². The summed E-state index contributed by atoms with van der Waals surface area (Å²) in [5.41, 5.74) is 2.44. The molecule has 9 nitrogen and oxygen atoms in total. The minimum absolute atomic E-state index is 0.0474. The van der Waals surface area contributed by atoms with Gasteiger partial charge in [-0.1, -0.05) is 45.9 Å². The maximum absolute atomic E-state index is 12.3. The second kappa shape index (κ2) is 12.3. The fourth-order valence-electron chi connectivity index (χ4n) is 2.83. The summed E-state index contributed by atoms with van der Waals surface area (Å²) >= 11 is 0. The van der Waals surface area contributed by atoms with Gasteiger partial charge in [0.15, 0.2) is 12.4 Å². The molecule has 33 heavy (non-hydrogen) atoms. The number of carbonyl (C=O) groups is 2. The second-order valence-corrected chi connectivity index (χ2v) is 9.62. The number of pyridine rings is 1. The second-order valence-electron chi connectivity index (χ2n) is 8.21. The molecule has 2 rings (SSSR count). The van der Waals surface area contributed by atoms with Crippen LogP contribution >= 0.6 is 0 Å². The monoisotopic (exact) mass is 480 g/mol. The van der Waals surface area contributed by atoms with Crippen LogP contribution in [-0.2, 0) is 21.6 Å². The van der Waals surface area contributed by atoms with E-state index in [1.807, 2.05) is 18.2 Å². The highest BCUT2D eigenvalue weighted by atomic mass is 32.2. The summed E-state index contributed by atoms with van der Waals surface area (Å²) in [6.07, 6.45) is 3.19. The molecule has 0 N–H and O–H groups in total. The molecule has 0 spiro atoms. The molecule has 0 saturated heterocycles. The largest absolute Gasteiger partial charge is 0.748 e. The van der Waals surface area contributed by atoms with Crippen LogP contribution in [0.3, 0.4) is 0 Å². The van der Waals surface area contributed by atoms with Gasteiger partial charge >= 0.3 is 6.16 Å².